The standard InChI is InChI=1S/C14H19NO3/c1-5-10-15-14(2,13(16)18-4)11-8-6-7-9-12(11)17-3/h5-9,15H,1,10H2,2-4H3. The number of benzene rings is 1. The summed E-state index contributed by atoms with van der Waals surface area (Å²) in [5.74, 6) is 0.274. The van der Waals surface area contributed by atoms with Crippen LogP contribution in [0, 0.1) is 0 Å². The predicted octanol–water partition coefficient (Wildman–Crippen LogP) is 1.86. The molecule has 0 aliphatic heterocycles. The number of carbonyl (C=O) groups is 1. The Kier molecular flexibility index (Phi) is 4.92. The Morgan fingerprint density at radius 2 is 2.11 bits per heavy atom. The third-order valence-corrected chi connectivity index (χ3v) is 2.84. The minimum atomic E-state index is -0.963. The van der Waals surface area contributed by atoms with Crippen molar-refractivity contribution >= 4 is 5.97 Å². The molecule has 0 amide bonds. The minimum absolute atomic E-state index is 0.367. The predicted molar refractivity (Wildman–Crippen MR) is 70.6 cm³/mol. The second-order valence-electron chi connectivity index (χ2n) is 3.99. The van der Waals surface area contributed by atoms with E-state index >= 15 is 0 Å². The van der Waals surface area contributed by atoms with Gasteiger partial charge in [0.05, 0.1) is 14.2 Å². The van der Waals surface area contributed by atoms with E-state index in [4.69, 9.17) is 9.47 Å². The highest BCUT2D eigenvalue weighted by Gasteiger charge is 2.37. The van der Waals surface area contributed by atoms with Crippen LogP contribution < -0.4 is 10.1 Å². The van der Waals surface area contributed by atoms with Crippen LogP contribution in [0.1, 0.15) is 12.5 Å². The van der Waals surface area contributed by atoms with Crippen LogP contribution in [0.3, 0.4) is 0 Å². The van der Waals surface area contributed by atoms with Crippen molar-refractivity contribution in [2.45, 2.75) is 12.5 Å². The zero-order valence-corrected chi connectivity index (χ0v) is 11.0. The van der Waals surface area contributed by atoms with Crippen molar-refractivity contribution in [2.75, 3.05) is 20.8 Å². The summed E-state index contributed by atoms with van der Waals surface area (Å²) < 4.78 is 10.2. The van der Waals surface area contributed by atoms with Crippen molar-refractivity contribution in [2.24, 2.45) is 0 Å². The first kappa shape index (κ1) is 14.3. The van der Waals surface area contributed by atoms with Gasteiger partial charge in [0, 0.05) is 12.1 Å². The number of nitrogens with one attached hydrogen (secondary N) is 1. The summed E-state index contributed by atoms with van der Waals surface area (Å²) in [6.45, 7) is 5.89. The Labute approximate surface area is 108 Å². The van der Waals surface area contributed by atoms with E-state index in [1.165, 1.54) is 7.11 Å². The molecule has 0 saturated carbocycles. The van der Waals surface area contributed by atoms with Gasteiger partial charge in [-0.15, -0.1) is 6.58 Å². The number of methoxy groups -OCH3 is 2. The molecule has 4 heteroatoms. The molecule has 1 rings (SSSR count). The van der Waals surface area contributed by atoms with Crippen molar-refractivity contribution in [1.82, 2.24) is 5.32 Å². The summed E-state index contributed by atoms with van der Waals surface area (Å²) in [5, 5.41) is 3.11. The molecule has 0 aliphatic carbocycles. The SMILES string of the molecule is C=CCNC(C)(C(=O)OC)c1ccccc1OC. The summed E-state index contributed by atoms with van der Waals surface area (Å²) in [6.07, 6.45) is 1.69. The van der Waals surface area contributed by atoms with Gasteiger partial charge in [-0.05, 0) is 13.0 Å². The lowest BCUT2D eigenvalue weighted by Gasteiger charge is -2.29. The molecule has 18 heavy (non-hydrogen) atoms. The molecule has 0 fully saturated rings. The summed E-state index contributed by atoms with van der Waals surface area (Å²) in [7, 11) is 2.94. The third-order valence-electron chi connectivity index (χ3n) is 2.84. The van der Waals surface area contributed by atoms with Crippen molar-refractivity contribution < 1.29 is 14.3 Å². The Balaban J connectivity index is 3.24. The van der Waals surface area contributed by atoms with Gasteiger partial charge in [-0.2, -0.15) is 0 Å². The third kappa shape index (κ3) is 2.71. The summed E-state index contributed by atoms with van der Waals surface area (Å²) in [6, 6.07) is 7.36. The van der Waals surface area contributed by atoms with E-state index in [-0.39, 0.29) is 5.97 Å². The Bertz CT molecular complexity index is 431. The molecule has 1 aromatic rings. The van der Waals surface area contributed by atoms with E-state index in [2.05, 4.69) is 11.9 Å². The van der Waals surface area contributed by atoms with Crippen LogP contribution in [0.4, 0.5) is 0 Å². The Morgan fingerprint density at radius 3 is 2.67 bits per heavy atom. The average molecular weight is 249 g/mol. The first-order valence-electron chi connectivity index (χ1n) is 5.68. The monoisotopic (exact) mass is 249 g/mol. The second-order valence-corrected chi connectivity index (χ2v) is 3.99. The highest BCUT2D eigenvalue weighted by Crippen LogP contribution is 2.30. The summed E-state index contributed by atoms with van der Waals surface area (Å²) >= 11 is 0. The van der Waals surface area contributed by atoms with Gasteiger partial charge in [0.15, 0.2) is 0 Å². The maximum Gasteiger partial charge on any atom is 0.330 e. The van der Waals surface area contributed by atoms with Crippen molar-refractivity contribution in [3.8, 4) is 5.75 Å². The fourth-order valence-electron chi connectivity index (χ4n) is 1.82. The highest BCUT2D eigenvalue weighted by atomic mass is 16.5. The molecule has 1 atom stereocenters. The number of esters is 1. The number of hydrogen-bond acceptors (Lipinski definition) is 4. The van der Waals surface area contributed by atoms with Crippen molar-refractivity contribution in [3.05, 3.63) is 42.5 Å². The van der Waals surface area contributed by atoms with Gasteiger partial charge in [0.1, 0.15) is 11.3 Å². The van der Waals surface area contributed by atoms with Crippen molar-refractivity contribution in [3.63, 3.8) is 0 Å². The summed E-state index contributed by atoms with van der Waals surface area (Å²) in [4.78, 5) is 12.0. The lowest BCUT2D eigenvalue weighted by Crippen LogP contribution is -2.47. The normalized spacial score (nSPS) is 13.5. The fraction of sp³-hybridized carbons (Fsp3) is 0.357. The van der Waals surface area contributed by atoms with E-state index in [0.717, 1.165) is 5.56 Å². The average Bonchev–Trinajstić information content (AvgIpc) is 2.43. The van der Waals surface area contributed by atoms with E-state index < -0.39 is 5.54 Å². The van der Waals surface area contributed by atoms with Crippen molar-refractivity contribution in [1.29, 1.82) is 0 Å². The molecule has 1 unspecified atom stereocenters. The van der Waals surface area contributed by atoms with Gasteiger partial charge in [-0.3, -0.25) is 5.32 Å². The molecular weight excluding hydrogens is 230 g/mol. The van der Waals surface area contributed by atoms with E-state index in [9.17, 15) is 4.79 Å². The first-order chi connectivity index (χ1) is 8.60. The Hall–Kier alpha value is -1.81. The molecule has 1 N–H and O–H groups in total. The number of ether oxygens (including phenoxy) is 2. The molecular formula is C14H19NO3. The number of carbonyl (C=O) groups excluding carboxylic acids is 1. The topological polar surface area (TPSA) is 47.6 Å². The van der Waals surface area contributed by atoms with Crippen LogP contribution in [0.5, 0.6) is 5.75 Å². The van der Waals surface area contributed by atoms with Gasteiger partial charge in [0.2, 0.25) is 0 Å². The maximum absolute atomic E-state index is 12.0. The lowest BCUT2D eigenvalue weighted by atomic mass is 9.91. The van der Waals surface area contributed by atoms with E-state index in [1.807, 2.05) is 24.3 Å². The second kappa shape index (κ2) is 6.21. The Morgan fingerprint density at radius 1 is 1.44 bits per heavy atom. The fourth-order valence-corrected chi connectivity index (χ4v) is 1.82. The quantitative estimate of drug-likeness (QED) is 0.617. The van der Waals surface area contributed by atoms with Crippen LogP contribution in [0.2, 0.25) is 0 Å². The number of rotatable bonds is 6. The zero-order valence-electron chi connectivity index (χ0n) is 11.0. The van der Waals surface area contributed by atoms with Crippen LogP contribution >= 0.6 is 0 Å². The maximum atomic E-state index is 12.0. The smallest absolute Gasteiger partial charge is 0.330 e. The molecule has 0 saturated heterocycles. The van der Waals surface area contributed by atoms with E-state index in [1.54, 1.807) is 20.1 Å². The molecule has 0 aliphatic rings. The number of para-hydroxylation sites is 1. The number of hydrogen-bond donors (Lipinski definition) is 1. The van der Waals surface area contributed by atoms with Gasteiger partial charge < -0.3 is 9.47 Å². The van der Waals surface area contributed by atoms with Crippen LogP contribution in [0.25, 0.3) is 0 Å². The first-order valence-corrected chi connectivity index (χ1v) is 5.68. The molecule has 0 radical (unpaired) electrons. The van der Waals surface area contributed by atoms with Crippen LogP contribution in [-0.2, 0) is 15.1 Å². The summed E-state index contributed by atoms with van der Waals surface area (Å²) in [5.41, 5.74) is -0.226. The molecule has 4 nitrogen and oxygen atoms in total. The molecule has 1 aromatic carbocycles. The largest absolute Gasteiger partial charge is 0.496 e. The molecule has 98 valence electrons. The van der Waals surface area contributed by atoms with Crippen LogP contribution in [0.15, 0.2) is 36.9 Å². The van der Waals surface area contributed by atoms with Crippen LogP contribution in [-0.4, -0.2) is 26.7 Å². The van der Waals surface area contributed by atoms with Gasteiger partial charge in [0.25, 0.3) is 0 Å². The zero-order chi connectivity index (χ0) is 13.6. The van der Waals surface area contributed by atoms with Gasteiger partial charge in [-0.1, -0.05) is 24.3 Å². The molecule has 0 aromatic heterocycles. The minimum Gasteiger partial charge on any atom is -0.496 e. The molecule has 0 spiro atoms. The molecule has 0 bridgehead atoms. The van der Waals surface area contributed by atoms with E-state index in [0.29, 0.717) is 12.3 Å². The highest BCUT2D eigenvalue weighted by molar-refractivity contribution is 5.83. The molecule has 0 heterocycles. The van der Waals surface area contributed by atoms with Gasteiger partial charge >= 0.3 is 5.97 Å². The van der Waals surface area contributed by atoms with Gasteiger partial charge in [-0.25, -0.2) is 4.79 Å². The lowest BCUT2D eigenvalue weighted by molar-refractivity contribution is -0.148.